The number of hydrogen-bond acceptors (Lipinski definition) is 7. The zero-order valence-electron chi connectivity index (χ0n) is 16.8. The smallest absolute Gasteiger partial charge is 0.311 e. The standard InChI is InChI=1S/C23H18ClNO6/c1-13-18(29-21(26)10-7-15-12-20(28-2)25-31-15)9-8-16-22(27)19(30-23(13)16)11-14-5-3-4-6-17(14)24/h3-6,8-9,11-12H,7,10H2,1-2H3/b19-11-. The second-order valence-electron chi connectivity index (χ2n) is 6.84. The second kappa shape index (κ2) is 8.65. The van der Waals surface area contributed by atoms with Gasteiger partial charge in [-0.3, -0.25) is 9.59 Å². The van der Waals surface area contributed by atoms with Gasteiger partial charge in [0.1, 0.15) is 17.3 Å². The summed E-state index contributed by atoms with van der Waals surface area (Å²) < 4.78 is 21.3. The van der Waals surface area contributed by atoms with E-state index < -0.39 is 5.97 Å². The van der Waals surface area contributed by atoms with Crippen LogP contribution in [-0.4, -0.2) is 24.0 Å². The van der Waals surface area contributed by atoms with Gasteiger partial charge in [0.25, 0.3) is 5.88 Å². The highest BCUT2D eigenvalue weighted by Gasteiger charge is 2.30. The molecule has 0 atom stereocenters. The molecule has 0 radical (unpaired) electrons. The zero-order chi connectivity index (χ0) is 22.0. The van der Waals surface area contributed by atoms with Crippen LogP contribution in [0.2, 0.25) is 5.02 Å². The molecule has 1 aliphatic rings. The van der Waals surface area contributed by atoms with Crippen LogP contribution in [0.5, 0.6) is 17.4 Å². The van der Waals surface area contributed by atoms with Crippen molar-refractivity contribution >= 4 is 29.4 Å². The van der Waals surface area contributed by atoms with E-state index >= 15 is 0 Å². The van der Waals surface area contributed by atoms with E-state index in [-0.39, 0.29) is 18.0 Å². The highest BCUT2D eigenvalue weighted by atomic mass is 35.5. The lowest BCUT2D eigenvalue weighted by Gasteiger charge is -2.09. The van der Waals surface area contributed by atoms with Crippen LogP contribution in [-0.2, 0) is 11.2 Å². The fourth-order valence-electron chi connectivity index (χ4n) is 3.12. The van der Waals surface area contributed by atoms with Gasteiger partial charge >= 0.3 is 5.97 Å². The lowest BCUT2D eigenvalue weighted by Crippen LogP contribution is -2.10. The number of aromatic nitrogens is 1. The number of carbonyl (C=O) groups excluding carboxylic acids is 2. The molecule has 31 heavy (non-hydrogen) atoms. The molecule has 1 aliphatic heterocycles. The number of Topliss-reactive ketones (excluding diaryl/α,β-unsaturated/α-hetero) is 1. The third-order valence-corrected chi connectivity index (χ3v) is 5.12. The number of rotatable bonds is 6. The average Bonchev–Trinajstić information content (AvgIpc) is 3.35. The molecule has 0 spiro atoms. The largest absolute Gasteiger partial charge is 0.479 e. The minimum absolute atomic E-state index is 0.0896. The fourth-order valence-corrected chi connectivity index (χ4v) is 3.31. The predicted octanol–water partition coefficient (Wildman–Crippen LogP) is 4.80. The van der Waals surface area contributed by atoms with Crippen LogP contribution in [0.25, 0.3) is 6.08 Å². The van der Waals surface area contributed by atoms with Crippen molar-refractivity contribution in [3.63, 3.8) is 0 Å². The lowest BCUT2D eigenvalue weighted by molar-refractivity contribution is -0.134. The minimum atomic E-state index is -0.449. The third kappa shape index (κ3) is 4.32. The normalized spacial score (nSPS) is 13.8. The number of esters is 1. The Hall–Kier alpha value is -3.58. The van der Waals surface area contributed by atoms with Crippen molar-refractivity contribution in [2.24, 2.45) is 0 Å². The summed E-state index contributed by atoms with van der Waals surface area (Å²) in [5.41, 5.74) is 1.64. The van der Waals surface area contributed by atoms with E-state index in [1.54, 1.807) is 49.4 Å². The van der Waals surface area contributed by atoms with E-state index in [2.05, 4.69) is 5.16 Å². The van der Waals surface area contributed by atoms with E-state index in [1.807, 2.05) is 6.07 Å². The van der Waals surface area contributed by atoms with Crippen LogP contribution in [0.1, 0.15) is 33.7 Å². The molecule has 0 N–H and O–H groups in total. The summed E-state index contributed by atoms with van der Waals surface area (Å²) >= 11 is 6.17. The highest BCUT2D eigenvalue weighted by molar-refractivity contribution is 6.32. The Morgan fingerprint density at radius 1 is 1.23 bits per heavy atom. The first-order chi connectivity index (χ1) is 15.0. The molecule has 7 nitrogen and oxygen atoms in total. The Morgan fingerprint density at radius 2 is 2.03 bits per heavy atom. The van der Waals surface area contributed by atoms with Gasteiger partial charge in [-0.05, 0) is 41.9 Å². The van der Waals surface area contributed by atoms with E-state index in [1.165, 1.54) is 7.11 Å². The summed E-state index contributed by atoms with van der Waals surface area (Å²) in [6.07, 6.45) is 2.01. The maximum atomic E-state index is 12.7. The number of methoxy groups -OCH3 is 1. The molecule has 4 rings (SSSR count). The van der Waals surface area contributed by atoms with Crippen molar-refractivity contribution in [1.29, 1.82) is 0 Å². The van der Waals surface area contributed by atoms with Crippen LogP contribution in [0.3, 0.4) is 0 Å². The number of fused-ring (bicyclic) bond motifs is 1. The number of carbonyl (C=O) groups is 2. The van der Waals surface area contributed by atoms with Gasteiger partial charge in [-0.25, -0.2) is 0 Å². The first kappa shape index (κ1) is 20.7. The summed E-state index contributed by atoms with van der Waals surface area (Å²) in [7, 11) is 1.48. The number of aryl methyl sites for hydroxylation is 1. The van der Waals surface area contributed by atoms with Gasteiger partial charge in [0.2, 0.25) is 5.78 Å². The van der Waals surface area contributed by atoms with Crippen LogP contribution in [0, 0.1) is 6.92 Å². The number of allylic oxidation sites excluding steroid dienone is 1. The van der Waals surface area contributed by atoms with E-state index in [0.717, 1.165) is 0 Å². The molecular weight excluding hydrogens is 422 g/mol. The van der Waals surface area contributed by atoms with Gasteiger partial charge in [-0.15, -0.1) is 0 Å². The second-order valence-corrected chi connectivity index (χ2v) is 7.24. The SMILES string of the molecule is COc1cc(CCC(=O)Oc2ccc3c(c2C)O/C(=C\c2ccccc2Cl)C3=O)on1. The van der Waals surface area contributed by atoms with Crippen molar-refractivity contribution in [2.75, 3.05) is 7.11 Å². The van der Waals surface area contributed by atoms with Crippen molar-refractivity contribution in [3.8, 4) is 17.4 Å². The molecule has 0 fully saturated rings. The van der Waals surface area contributed by atoms with Gasteiger partial charge < -0.3 is 18.7 Å². The molecule has 0 amide bonds. The highest BCUT2D eigenvalue weighted by Crippen LogP contribution is 2.39. The van der Waals surface area contributed by atoms with E-state index in [0.29, 0.717) is 51.3 Å². The number of halogens is 1. The molecule has 2 heterocycles. The third-order valence-electron chi connectivity index (χ3n) is 4.77. The summed E-state index contributed by atoms with van der Waals surface area (Å²) in [5, 5.41) is 4.20. The van der Waals surface area contributed by atoms with Crippen molar-refractivity contribution in [2.45, 2.75) is 19.8 Å². The molecule has 0 saturated heterocycles. The number of nitrogens with zero attached hydrogens (tertiary/aromatic N) is 1. The molecule has 0 unspecified atom stereocenters. The van der Waals surface area contributed by atoms with Crippen LogP contribution in [0.15, 0.2) is 52.7 Å². The Balaban J connectivity index is 1.48. The number of ether oxygens (including phenoxy) is 3. The van der Waals surface area contributed by atoms with Gasteiger partial charge in [0, 0.05) is 23.1 Å². The van der Waals surface area contributed by atoms with Gasteiger partial charge in [-0.1, -0.05) is 29.8 Å². The minimum Gasteiger partial charge on any atom is -0.479 e. The van der Waals surface area contributed by atoms with Crippen molar-refractivity contribution in [1.82, 2.24) is 5.16 Å². The molecule has 1 aromatic heterocycles. The maximum absolute atomic E-state index is 12.7. The van der Waals surface area contributed by atoms with Gasteiger partial charge in [-0.2, -0.15) is 0 Å². The molecule has 0 aliphatic carbocycles. The zero-order valence-corrected chi connectivity index (χ0v) is 17.6. The molecule has 2 aromatic carbocycles. The molecule has 3 aromatic rings. The number of benzene rings is 2. The van der Waals surface area contributed by atoms with Crippen LogP contribution in [0.4, 0.5) is 0 Å². The number of ketones is 1. The summed E-state index contributed by atoms with van der Waals surface area (Å²) in [6.45, 7) is 1.73. The molecule has 0 saturated carbocycles. The Labute approximate surface area is 183 Å². The fraction of sp³-hybridized carbons (Fsp3) is 0.174. The summed E-state index contributed by atoms with van der Waals surface area (Å²) in [6, 6.07) is 11.9. The molecule has 0 bridgehead atoms. The average molecular weight is 440 g/mol. The summed E-state index contributed by atoms with van der Waals surface area (Å²) in [5.74, 6) is 1.01. The quantitative estimate of drug-likeness (QED) is 0.309. The Bertz CT molecular complexity index is 1200. The topological polar surface area (TPSA) is 87.9 Å². The van der Waals surface area contributed by atoms with Crippen molar-refractivity contribution < 1.29 is 28.3 Å². The van der Waals surface area contributed by atoms with Gasteiger partial charge in [0.05, 0.1) is 19.1 Å². The first-order valence-corrected chi connectivity index (χ1v) is 9.86. The van der Waals surface area contributed by atoms with Crippen LogP contribution < -0.4 is 14.2 Å². The maximum Gasteiger partial charge on any atom is 0.311 e. The predicted molar refractivity (Wildman–Crippen MR) is 113 cm³/mol. The van der Waals surface area contributed by atoms with E-state index in [9.17, 15) is 9.59 Å². The first-order valence-electron chi connectivity index (χ1n) is 9.49. The summed E-state index contributed by atoms with van der Waals surface area (Å²) in [4.78, 5) is 25.0. The number of hydrogen-bond donors (Lipinski definition) is 0. The van der Waals surface area contributed by atoms with E-state index in [4.69, 9.17) is 30.3 Å². The molecule has 8 heteroatoms. The Kier molecular flexibility index (Phi) is 5.77. The molecule has 158 valence electrons. The van der Waals surface area contributed by atoms with Crippen LogP contribution >= 0.6 is 11.6 Å². The van der Waals surface area contributed by atoms with Crippen molar-refractivity contribution in [3.05, 3.63) is 75.7 Å². The monoisotopic (exact) mass is 439 g/mol. The Morgan fingerprint density at radius 3 is 2.77 bits per heavy atom. The van der Waals surface area contributed by atoms with Gasteiger partial charge in [0.15, 0.2) is 5.76 Å². The lowest BCUT2D eigenvalue weighted by atomic mass is 10.1. The molecular formula is C23H18ClNO6.